The fourth-order valence-corrected chi connectivity index (χ4v) is 4.44. The quantitative estimate of drug-likeness (QED) is 0.118. The summed E-state index contributed by atoms with van der Waals surface area (Å²) in [5.74, 6) is 4.39. The number of hydrogen-bond donors (Lipinski definition) is 2. The highest BCUT2D eigenvalue weighted by molar-refractivity contribution is 7.98. The number of rotatable bonds is 6. The van der Waals surface area contributed by atoms with E-state index in [0.717, 1.165) is 0 Å². The molecule has 8 nitrogen and oxygen atoms in total. The minimum Gasteiger partial charge on any atom is -0.457 e. The zero-order valence-electron chi connectivity index (χ0n) is 19.4. The van der Waals surface area contributed by atoms with Gasteiger partial charge in [-0.05, 0) is 54.8 Å². The summed E-state index contributed by atoms with van der Waals surface area (Å²) in [5, 5.41) is 18.9. The Labute approximate surface area is 222 Å². The topological polar surface area (TPSA) is 114 Å². The van der Waals surface area contributed by atoms with Gasteiger partial charge in [-0.2, -0.15) is 5.26 Å². The van der Waals surface area contributed by atoms with E-state index >= 15 is 0 Å². The summed E-state index contributed by atoms with van der Waals surface area (Å²) in [6.45, 7) is 0. The Balaban J connectivity index is 1.59. The smallest absolute Gasteiger partial charge is 0.177 e. The maximum Gasteiger partial charge on any atom is 0.177 e. The molecular formula is C27H18ClN7OS. The molecule has 0 atom stereocenters. The van der Waals surface area contributed by atoms with Crippen molar-refractivity contribution in [3.63, 3.8) is 0 Å². The fraction of sp³-hybridized carbons (Fsp3) is 0.0370. The molecule has 5 rings (SSSR count). The monoisotopic (exact) mass is 523 g/mol. The van der Waals surface area contributed by atoms with E-state index in [1.165, 1.54) is 11.8 Å². The zero-order valence-corrected chi connectivity index (χ0v) is 21.0. The lowest BCUT2D eigenvalue weighted by Crippen LogP contribution is -2.03. The van der Waals surface area contributed by atoms with Crippen LogP contribution in [0.4, 0.5) is 17.2 Å². The van der Waals surface area contributed by atoms with Crippen LogP contribution in [0.25, 0.3) is 16.9 Å². The zero-order chi connectivity index (χ0) is 25.9. The second kappa shape index (κ2) is 10.1. The third-order valence-corrected chi connectivity index (χ3v) is 6.47. The van der Waals surface area contributed by atoms with E-state index in [-0.39, 0.29) is 5.56 Å². The molecule has 0 aliphatic rings. The van der Waals surface area contributed by atoms with Crippen molar-refractivity contribution < 1.29 is 4.74 Å². The van der Waals surface area contributed by atoms with Crippen LogP contribution in [-0.2, 0) is 0 Å². The predicted octanol–water partition coefficient (Wildman–Crippen LogP) is 6.14. The van der Waals surface area contributed by atoms with Crippen molar-refractivity contribution in [1.82, 2.24) is 19.6 Å². The van der Waals surface area contributed by atoms with Crippen LogP contribution in [0.2, 0.25) is 5.02 Å². The standard InChI is InChI=1S/C27H18ClN7OS/c1-3-20-24(16-4-9-23(30)22(28)14-16)35-26(33-27(20)37-2)21(15-29)25(34-35)32-17-5-7-18(8-6-17)36-19-10-12-31-13-11-19/h1,4-14H,30H2,2H3,(H,32,34). The number of anilines is 3. The van der Waals surface area contributed by atoms with E-state index < -0.39 is 0 Å². The van der Waals surface area contributed by atoms with Gasteiger partial charge in [0.2, 0.25) is 0 Å². The minimum atomic E-state index is 0.277. The molecule has 0 aliphatic heterocycles. The van der Waals surface area contributed by atoms with Gasteiger partial charge in [0.15, 0.2) is 11.5 Å². The fourth-order valence-electron chi connectivity index (χ4n) is 3.72. The lowest BCUT2D eigenvalue weighted by atomic mass is 10.1. The number of nitrogens with two attached hydrogens (primary N) is 1. The Morgan fingerprint density at radius 2 is 1.81 bits per heavy atom. The van der Waals surface area contributed by atoms with Crippen molar-refractivity contribution in [1.29, 1.82) is 5.26 Å². The number of nitrogens with one attached hydrogen (secondary N) is 1. The molecule has 180 valence electrons. The average molecular weight is 524 g/mol. The first kappa shape index (κ1) is 24.0. The highest BCUT2D eigenvalue weighted by Gasteiger charge is 2.23. The molecule has 0 saturated heterocycles. The number of nitrogen functional groups attached to an aromatic ring is 1. The Kier molecular flexibility index (Phi) is 6.57. The van der Waals surface area contributed by atoms with E-state index in [9.17, 15) is 5.26 Å². The largest absolute Gasteiger partial charge is 0.457 e. The second-order valence-electron chi connectivity index (χ2n) is 7.73. The Bertz CT molecular complexity index is 1700. The van der Waals surface area contributed by atoms with E-state index in [0.29, 0.717) is 61.2 Å². The second-order valence-corrected chi connectivity index (χ2v) is 8.93. The highest BCUT2D eigenvalue weighted by Crippen LogP contribution is 2.35. The SMILES string of the molecule is C#Cc1c(SC)nc2c(C#N)c(Nc3ccc(Oc4ccncc4)cc3)nn2c1-c1ccc(N)c(Cl)c1. The van der Waals surface area contributed by atoms with Crippen molar-refractivity contribution in [2.24, 2.45) is 0 Å². The normalized spacial score (nSPS) is 10.6. The molecule has 0 aliphatic carbocycles. The number of aromatic nitrogens is 4. The van der Waals surface area contributed by atoms with E-state index in [2.05, 4.69) is 32.4 Å². The molecule has 10 heteroatoms. The maximum atomic E-state index is 10.0. The van der Waals surface area contributed by atoms with Gasteiger partial charge in [0.05, 0.1) is 22.0 Å². The molecule has 0 fully saturated rings. The Hall–Kier alpha value is -4.70. The minimum absolute atomic E-state index is 0.277. The number of hydrogen-bond acceptors (Lipinski definition) is 8. The van der Waals surface area contributed by atoms with Crippen LogP contribution >= 0.6 is 23.4 Å². The van der Waals surface area contributed by atoms with E-state index in [1.54, 1.807) is 41.2 Å². The lowest BCUT2D eigenvalue weighted by molar-refractivity contribution is 0.482. The van der Waals surface area contributed by atoms with Crippen LogP contribution in [-0.4, -0.2) is 25.8 Å². The summed E-state index contributed by atoms with van der Waals surface area (Å²) in [6.07, 6.45) is 11.1. The number of nitriles is 1. The van der Waals surface area contributed by atoms with Crippen molar-refractivity contribution >= 4 is 46.2 Å². The average Bonchev–Trinajstić information content (AvgIpc) is 3.27. The van der Waals surface area contributed by atoms with Gasteiger partial charge >= 0.3 is 0 Å². The number of fused-ring (bicyclic) bond motifs is 1. The summed E-state index contributed by atoms with van der Waals surface area (Å²) in [4.78, 5) is 8.64. The number of terminal acetylenes is 1. The van der Waals surface area contributed by atoms with Gasteiger partial charge in [-0.25, -0.2) is 9.50 Å². The summed E-state index contributed by atoms with van der Waals surface area (Å²) in [5.41, 5.74) is 9.55. The van der Waals surface area contributed by atoms with Crippen molar-refractivity contribution in [2.45, 2.75) is 5.03 Å². The van der Waals surface area contributed by atoms with Crippen LogP contribution in [0.15, 0.2) is 72.0 Å². The highest BCUT2D eigenvalue weighted by atomic mass is 35.5. The first-order chi connectivity index (χ1) is 18.0. The van der Waals surface area contributed by atoms with E-state index in [4.69, 9.17) is 28.5 Å². The molecule has 3 aromatic heterocycles. The molecule has 0 unspecified atom stereocenters. The van der Waals surface area contributed by atoms with Gasteiger partial charge in [0, 0.05) is 23.6 Å². The van der Waals surface area contributed by atoms with Crippen LogP contribution in [0.5, 0.6) is 11.5 Å². The van der Waals surface area contributed by atoms with Crippen molar-refractivity contribution in [3.05, 3.63) is 83.1 Å². The van der Waals surface area contributed by atoms with E-state index in [1.807, 2.05) is 36.6 Å². The van der Waals surface area contributed by atoms with Gasteiger partial charge in [0.1, 0.15) is 28.2 Å². The van der Waals surface area contributed by atoms with Crippen molar-refractivity contribution in [2.75, 3.05) is 17.3 Å². The molecule has 3 heterocycles. The number of thioether (sulfide) groups is 1. The van der Waals surface area contributed by atoms with Crippen LogP contribution < -0.4 is 15.8 Å². The van der Waals surface area contributed by atoms with Crippen LogP contribution in [0.1, 0.15) is 11.1 Å². The van der Waals surface area contributed by atoms with Gasteiger partial charge in [0.25, 0.3) is 0 Å². The summed E-state index contributed by atoms with van der Waals surface area (Å²) in [6, 6.07) is 18.3. The predicted molar refractivity (Wildman–Crippen MR) is 146 cm³/mol. The first-order valence-corrected chi connectivity index (χ1v) is 12.5. The number of pyridine rings is 1. The molecule has 37 heavy (non-hydrogen) atoms. The van der Waals surface area contributed by atoms with Crippen molar-refractivity contribution in [3.8, 4) is 41.2 Å². The summed E-state index contributed by atoms with van der Waals surface area (Å²) >= 11 is 7.70. The molecule has 3 N–H and O–H groups in total. The molecule has 5 aromatic rings. The number of nitrogens with zero attached hydrogens (tertiary/aromatic N) is 5. The summed E-state index contributed by atoms with van der Waals surface area (Å²) < 4.78 is 7.39. The molecule has 0 spiro atoms. The van der Waals surface area contributed by atoms with Gasteiger partial charge in [-0.1, -0.05) is 23.6 Å². The Morgan fingerprint density at radius 3 is 2.46 bits per heavy atom. The lowest BCUT2D eigenvalue weighted by Gasteiger charge is -2.12. The molecule has 0 saturated carbocycles. The van der Waals surface area contributed by atoms with Gasteiger partial charge in [-0.3, -0.25) is 4.98 Å². The number of ether oxygens (including phenoxy) is 1. The third kappa shape index (κ3) is 4.62. The molecule has 0 bridgehead atoms. The maximum absolute atomic E-state index is 10.0. The van der Waals surface area contributed by atoms with Gasteiger partial charge in [-0.15, -0.1) is 23.3 Å². The van der Waals surface area contributed by atoms with Crippen LogP contribution in [0, 0.1) is 23.7 Å². The first-order valence-electron chi connectivity index (χ1n) is 10.9. The van der Waals surface area contributed by atoms with Crippen LogP contribution in [0.3, 0.4) is 0 Å². The molecule has 0 radical (unpaired) electrons. The molecule has 2 aromatic carbocycles. The Morgan fingerprint density at radius 1 is 1.08 bits per heavy atom. The number of benzene rings is 2. The third-order valence-electron chi connectivity index (χ3n) is 5.46. The molecular weight excluding hydrogens is 506 g/mol. The van der Waals surface area contributed by atoms with Gasteiger partial charge < -0.3 is 15.8 Å². The number of halogens is 1. The summed E-state index contributed by atoms with van der Waals surface area (Å²) in [7, 11) is 0. The molecule has 0 amide bonds.